The first-order valence-electron chi connectivity index (χ1n) is 10.6. The van der Waals surface area contributed by atoms with Crippen molar-refractivity contribution in [3.63, 3.8) is 0 Å². The molecule has 0 atom stereocenters. The molecule has 2 aromatic heterocycles. The summed E-state index contributed by atoms with van der Waals surface area (Å²) >= 11 is 0. The smallest absolute Gasteiger partial charge is 0.407 e. The van der Waals surface area contributed by atoms with Crippen molar-refractivity contribution in [2.75, 3.05) is 18.4 Å². The topological polar surface area (TPSA) is 144 Å². The minimum absolute atomic E-state index is 0.0350. The number of amides is 2. The minimum Gasteiger partial charge on any atom is -0.444 e. The predicted molar refractivity (Wildman–Crippen MR) is 126 cm³/mol. The van der Waals surface area contributed by atoms with Crippen LogP contribution in [-0.2, 0) is 14.8 Å². The van der Waals surface area contributed by atoms with E-state index in [1.807, 2.05) is 19.9 Å². The van der Waals surface area contributed by atoms with Crippen LogP contribution in [0.2, 0.25) is 0 Å². The van der Waals surface area contributed by atoms with E-state index in [9.17, 15) is 18.0 Å². The van der Waals surface area contributed by atoms with Gasteiger partial charge in [0.1, 0.15) is 11.2 Å². The molecule has 12 heteroatoms. The van der Waals surface area contributed by atoms with Crippen LogP contribution in [0.1, 0.15) is 42.5 Å². The summed E-state index contributed by atoms with van der Waals surface area (Å²) in [5, 5.41) is 9.37. The molecule has 0 saturated carbocycles. The van der Waals surface area contributed by atoms with Gasteiger partial charge >= 0.3 is 6.09 Å². The zero-order valence-electron chi connectivity index (χ0n) is 19.7. The van der Waals surface area contributed by atoms with Crippen LogP contribution in [0.25, 0.3) is 5.65 Å². The van der Waals surface area contributed by atoms with Gasteiger partial charge < -0.3 is 15.4 Å². The Morgan fingerprint density at radius 2 is 1.85 bits per heavy atom. The molecule has 182 valence electrons. The SMILES string of the molecule is Cc1cc(C)n2ncc(C(=O)Nc3cccc(S(=O)(=O)NCCNC(=O)OC(C)(C)C)c3)c2n1. The van der Waals surface area contributed by atoms with E-state index < -0.39 is 27.6 Å². The number of nitrogens with zero attached hydrogens (tertiary/aromatic N) is 3. The third-order valence-electron chi connectivity index (χ3n) is 4.51. The highest BCUT2D eigenvalue weighted by Crippen LogP contribution is 2.18. The highest BCUT2D eigenvalue weighted by molar-refractivity contribution is 7.89. The summed E-state index contributed by atoms with van der Waals surface area (Å²) in [7, 11) is -3.87. The van der Waals surface area contributed by atoms with Gasteiger partial charge in [0.15, 0.2) is 5.65 Å². The molecule has 3 aromatic rings. The summed E-state index contributed by atoms with van der Waals surface area (Å²) in [6, 6.07) is 7.70. The molecule has 0 aliphatic heterocycles. The van der Waals surface area contributed by atoms with Crippen molar-refractivity contribution in [2.45, 2.75) is 45.1 Å². The molecule has 3 rings (SSSR count). The number of rotatable bonds is 7. The van der Waals surface area contributed by atoms with Gasteiger partial charge in [0.25, 0.3) is 5.91 Å². The lowest BCUT2D eigenvalue weighted by molar-refractivity contribution is 0.0528. The second-order valence-electron chi connectivity index (χ2n) is 8.64. The number of benzene rings is 1. The van der Waals surface area contributed by atoms with Crippen molar-refractivity contribution in [1.29, 1.82) is 0 Å². The zero-order valence-corrected chi connectivity index (χ0v) is 20.5. The number of anilines is 1. The van der Waals surface area contributed by atoms with Gasteiger partial charge in [-0.3, -0.25) is 4.79 Å². The Hall–Kier alpha value is -3.51. The first kappa shape index (κ1) is 25.1. The van der Waals surface area contributed by atoms with Gasteiger partial charge in [-0.25, -0.2) is 27.4 Å². The van der Waals surface area contributed by atoms with Gasteiger partial charge in [-0.2, -0.15) is 5.10 Å². The number of nitrogens with one attached hydrogen (secondary N) is 3. The summed E-state index contributed by atoms with van der Waals surface area (Å²) in [5.41, 5.74) is 1.92. The van der Waals surface area contributed by atoms with Crippen molar-refractivity contribution in [3.8, 4) is 0 Å². The number of hydrogen-bond acceptors (Lipinski definition) is 7. The Labute approximate surface area is 198 Å². The van der Waals surface area contributed by atoms with E-state index in [1.165, 1.54) is 24.4 Å². The fourth-order valence-corrected chi connectivity index (χ4v) is 4.19. The van der Waals surface area contributed by atoms with Crippen LogP contribution in [-0.4, -0.2) is 53.7 Å². The number of fused-ring (bicyclic) bond motifs is 1. The van der Waals surface area contributed by atoms with Crippen molar-refractivity contribution in [1.82, 2.24) is 24.6 Å². The van der Waals surface area contributed by atoms with E-state index in [-0.39, 0.29) is 23.5 Å². The maximum atomic E-state index is 12.8. The van der Waals surface area contributed by atoms with Crippen molar-refractivity contribution < 1.29 is 22.7 Å². The molecule has 2 amide bonds. The number of carbonyl (C=O) groups is 2. The highest BCUT2D eigenvalue weighted by Gasteiger charge is 2.19. The molecule has 3 N–H and O–H groups in total. The molecule has 0 aliphatic carbocycles. The fourth-order valence-electron chi connectivity index (χ4n) is 3.12. The van der Waals surface area contributed by atoms with Gasteiger partial charge in [-0.1, -0.05) is 6.07 Å². The molecule has 0 fully saturated rings. The molecule has 0 unspecified atom stereocenters. The van der Waals surface area contributed by atoms with Crippen molar-refractivity contribution >= 4 is 33.4 Å². The Morgan fingerprint density at radius 1 is 1.12 bits per heavy atom. The minimum atomic E-state index is -3.87. The molecule has 1 aromatic carbocycles. The maximum absolute atomic E-state index is 12.8. The Kier molecular flexibility index (Phi) is 7.22. The Morgan fingerprint density at radius 3 is 2.56 bits per heavy atom. The van der Waals surface area contributed by atoms with Crippen molar-refractivity contribution in [2.24, 2.45) is 0 Å². The number of ether oxygens (including phenoxy) is 1. The number of sulfonamides is 1. The largest absolute Gasteiger partial charge is 0.444 e. The molecule has 0 saturated heterocycles. The lowest BCUT2D eigenvalue weighted by Gasteiger charge is -2.19. The molecular weight excluding hydrogens is 460 g/mol. The van der Waals surface area contributed by atoms with Gasteiger partial charge in [-0.05, 0) is 58.9 Å². The van der Waals surface area contributed by atoms with E-state index in [4.69, 9.17) is 4.74 Å². The van der Waals surface area contributed by atoms with Crippen molar-refractivity contribution in [3.05, 3.63) is 53.5 Å². The Balaban J connectivity index is 1.65. The average Bonchev–Trinajstić information content (AvgIpc) is 3.14. The second-order valence-corrected chi connectivity index (χ2v) is 10.4. The normalized spacial score (nSPS) is 11.9. The number of aryl methyl sites for hydroxylation is 2. The highest BCUT2D eigenvalue weighted by atomic mass is 32.2. The fraction of sp³-hybridized carbons (Fsp3) is 0.364. The summed E-state index contributed by atoms with van der Waals surface area (Å²) < 4.78 is 34.3. The monoisotopic (exact) mass is 488 g/mol. The molecule has 0 bridgehead atoms. The van der Waals surface area contributed by atoms with Gasteiger partial charge in [0.05, 0.1) is 11.1 Å². The first-order chi connectivity index (χ1) is 15.9. The number of hydrogen-bond donors (Lipinski definition) is 3. The number of aromatic nitrogens is 3. The molecule has 0 radical (unpaired) electrons. The van der Waals surface area contributed by atoms with Crippen LogP contribution in [0.15, 0.2) is 41.4 Å². The van der Waals surface area contributed by atoms with Gasteiger partial charge in [0, 0.05) is 30.2 Å². The summed E-state index contributed by atoms with van der Waals surface area (Å²) in [6.45, 7) is 8.89. The van der Waals surface area contributed by atoms with Crippen LogP contribution < -0.4 is 15.4 Å². The molecule has 2 heterocycles. The van der Waals surface area contributed by atoms with E-state index in [2.05, 4.69) is 25.4 Å². The van der Waals surface area contributed by atoms with Gasteiger partial charge in [0.2, 0.25) is 10.0 Å². The molecular formula is C22H28N6O5S. The lowest BCUT2D eigenvalue weighted by atomic mass is 10.2. The number of alkyl carbamates (subject to hydrolysis) is 1. The average molecular weight is 489 g/mol. The lowest BCUT2D eigenvalue weighted by Crippen LogP contribution is -2.37. The zero-order chi connectivity index (χ0) is 25.1. The van der Waals surface area contributed by atoms with E-state index in [1.54, 1.807) is 31.4 Å². The first-order valence-corrected chi connectivity index (χ1v) is 12.0. The van der Waals surface area contributed by atoms with Crippen LogP contribution in [0.4, 0.5) is 10.5 Å². The molecule has 0 aliphatic rings. The van der Waals surface area contributed by atoms with Crippen LogP contribution in [0.3, 0.4) is 0 Å². The molecule has 0 spiro atoms. The summed E-state index contributed by atoms with van der Waals surface area (Å²) in [6.07, 6.45) is 0.785. The summed E-state index contributed by atoms with van der Waals surface area (Å²) in [5.74, 6) is -0.462. The number of carbonyl (C=O) groups excluding carboxylic acids is 2. The van der Waals surface area contributed by atoms with Crippen LogP contribution in [0.5, 0.6) is 0 Å². The Bertz CT molecular complexity index is 1330. The molecule has 34 heavy (non-hydrogen) atoms. The van der Waals surface area contributed by atoms with E-state index in [0.29, 0.717) is 11.3 Å². The third-order valence-corrected chi connectivity index (χ3v) is 5.97. The van der Waals surface area contributed by atoms with Crippen LogP contribution in [0, 0.1) is 13.8 Å². The standard InChI is InChI=1S/C22H28N6O5S/c1-14-11-15(2)28-19(26-14)18(13-24-28)20(29)27-16-7-6-8-17(12-16)34(31,32)25-10-9-23-21(30)33-22(3,4)5/h6-8,11-13,25H,9-10H2,1-5H3,(H,23,30)(H,27,29). The molecule has 11 nitrogen and oxygen atoms in total. The van der Waals surface area contributed by atoms with E-state index >= 15 is 0 Å². The van der Waals surface area contributed by atoms with Gasteiger partial charge in [-0.15, -0.1) is 0 Å². The second kappa shape index (κ2) is 9.77. The predicted octanol–water partition coefficient (Wildman–Crippen LogP) is 2.40. The van der Waals surface area contributed by atoms with Crippen LogP contribution >= 0.6 is 0 Å². The maximum Gasteiger partial charge on any atom is 0.407 e. The third kappa shape index (κ3) is 6.29. The quantitative estimate of drug-likeness (QED) is 0.433. The summed E-state index contributed by atoms with van der Waals surface area (Å²) in [4.78, 5) is 28.8. The van der Waals surface area contributed by atoms with E-state index in [0.717, 1.165) is 11.4 Å².